The molecule has 1 N–H and O–H groups in total. The van der Waals surface area contributed by atoms with E-state index in [9.17, 15) is 9.59 Å². The van der Waals surface area contributed by atoms with Gasteiger partial charge in [0.25, 0.3) is 5.91 Å². The van der Waals surface area contributed by atoms with Crippen LogP contribution >= 0.6 is 0 Å². The molecular weight excluding hydrogens is 334 g/mol. The Kier molecular flexibility index (Phi) is 6.22. The number of methoxy groups -OCH3 is 1. The lowest BCUT2D eigenvalue weighted by Gasteiger charge is -2.19. The van der Waals surface area contributed by atoms with Gasteiger partial charge in [-0.1, -0.05) is 18.2 Å². The van der Waals surface area contributed by atoms with Crippen LogP contribution in [0.3, 0.4) is 0 Å². The number of carbonyl (C=O) groups excluding carboxylic acids is 1. The first-order chi connectivity index (χ1) is 12.3. The molecule has 2 aromatic rings. The third kappa shape index (κ3) is 4.75. The molecule has 0 aliphatic heterocycles. The van der Waals surface area contributed by atoms with Crippen LogP contribution in [0.25, 0.3) is 0 Å². The van der Waals surface area contributed by atoms with Crippen molar-refractivity contribution in [1.82, 2.24) is 4.90 Å². The fourth-order valence-electron chi connectivity index (χ4n) is 2.88. The van der Waals surface area contributed by atoms with Crippen LogP contribution in [0.1, 0.15) is 27.0 Å². The number of aliphatic carboxylic acids is 1. The van der Waals surface area contributed by atoms with E-state index in [-0.39, 0.29) is 5.91 Å². The highest BCUT2D eigenvalue weighted by Crippen LogP contribution is 2.25. The Morgan fingerprint density at radius 3 is 2.35 bits per heavy atom. The van der Waals surface area contributed by atoms with Crippen molar-refractivity contribution in [2.24, 2.45) is 0 Å². The molecular formula is C20H23NO5. The molecule has 0 aromatic heterocycles. The van der Waals surface area contributed by atoms with Crippen LogP contribution in [0.15, 0.2) is 36.4 Å². The molecule has 1 amide bonds. The number of benzene rings is 2. The second kappa shape index (κ2) is 8.38. The second-order valence-corrected chi connectivity index (χ2v) is 6.13. The molecule has 0 aliphatic rings. The van der Waals surface area contributed by atoms with Crippen LogP contribution in [-0.2, 0) is 11.3 Å². The van der Waals surface area contributed by atoms with Gasteiger partial charge in [-0.2, -0.15) is 0 Å². The Morgan fingerprint density at radius 2 is 1.77 bits per heavy atom. The van der Waals surface area contributed by atoms with Crippen molar-refractivity contribution in [2.45, 2.75) is 20.4 Å². The SMILES string of the molecule is COc1c(C)cc(CN(C)C(=O)c2cccc(OCC(=O)O)c2)cc1C. The van der Waals surface area contributed by atoms with Gasteiger partial charge >= 0.3 is 5.97 Å². The number of hydrogen-bond donors (Lipinski definition) is 1. The van der Waals surface area contributed by atoms with Gasteiger partial charge in [-0.15, -0.1) is 0 Å². The summed E-state index contributed by atoms with van der Waals surface area (Å²) in [4.78, 5) is 24.9. The lowest BCUT2D eigenvalue weighted by Crippen LogP contribution is -2.26. The summed E-state index contributed by atoms with van der Waals surface area (Å²) >= 11 is 0. The van der Waals surface area contributed by atoms with E-state index in [0.717, 1.165) is 22.4 Å². The quantitative estimate of drug-likeness (QED) is 0.824. The summed E-state index contributed by atoms with van der Waals surface area (Å²) in [7, 11) is 3.37. The first kappa shape index (κ1) is 19.3. The van der Waals surface area contributed by atoms with Gasteiger partial charge < -0.3 is 19.5 Å². The molecule has 0 radical (unpaired) electrons. The monoisotopic (exact) mass is 357 g/mol. The van der Waals surface area contributed by atoms with Crippen LogP contribution in [-0.4, -0.2) is 42.6 Å². The van der Waals surface area contributed by atoms with Crippen molar-refractivity contribution in [3.8, 4) is 11.5 Å². The predicted molar refractivity (Wildman–Crippen MR) is 97.8 cm³/mol. The van der Waals surface area contributed by atoms with Gasteiger partial charge in [-0.3, -0.25) is 4.79 Å². The van der Waals surface area contributed by atoms with Crippen LogP contribution < -0.4 is 9.47 Å². The molecule has 0 aliphatic carbocycles. The Labute approximate surface area is 153 Å². The summed E-state index contributed by atoms with van der Waals surface area (Å²) in [6.45, 7) is 3.95. The van der Waals surface area contributed by atoms with Crippen molar-refractivity contribution in [2.75, 3.05) is 20.8 Å². The van der Waals surface area contributed by atoms with E-state index >= 15 is 0 Å². The molecule has 0 saturated heterocycles. The fourth-order valence-corrected chi connectivity index (χ4v) is 2.88. The van der Waals surface area contributed by atoms with Crippen LogP contribution in [0, 0.1) is 13.8 Å². The number of aryl methyl sites for hydroxylation is 2. The van der Waals surface area contributed by atoms with E-state index < -0.39 is 12.6 Å². The Bertz CT molecular complexity index is 793. The van der Waals surface area contributed by atoms with Crippen molar-refractivity contribution < 1.29 is 24.2 Å². The zero-order valence-electron chi connectivity index (χ0n) is 15.4. The minimum Gasteiger partial charge on any atom is -0.496 e. The minimum absolute atomic E-state index is 0.170. The molecule has 138 valence electrons. The first-order valence-corrected chi connectivity index (χ1v) is 8.16. The van der Waals surface area contributed by atoms with Crippen molar-refractivity contribution in [3.63, 3.8) is 0 Å². The van der Waals surface area contributed by atoms with Gasteiger partial charge in [0.05, 0.1) is 7.11 Å². The summed E-state index contributed by atoms with van der Waals surface area (Å²) < 4.78 is 10.5. The molecule has 0 atom stereocenters. The van der Waals surface area contributed by atoms with Gasteiger partial charge in [-0.05, 0) is 48.7 Å². The fraction of sp³-hybridized carbons (Fsp3) is 0.300. The molecule has 26 heavy (non-hydrogen) atoms. The van der Waals surface area contributed by atoms with E-state index in [2.05, 4.69) is 0 Å². The Hall–Kier alpha value is -3.02. The highest BCUT2D eigenvalue weighted by molar-refractivity contribution is 5.94. The van der Waals surface area contributed by atoms with Crippen molar-refractivity contribution in [3.05, 3.63) is 58.7 Å². The maximum atomic E-state index is 12.7. The standard InChI is InChI=1S/C20H23NO5/c1-13-8-15(9-14(2)19(13)25-4)11-21(3)20(24)16-6-5-7-17(10-16)26-12-18(22)23/h5-10H,11-12H2,1-4H3,(H,22,23). The summed E-state index contributed by atoms with van der Waals surface area (Å²) in [5, 5.41) is 8.68. The minimum atomic E-state index is -1.07. The number of amides is 1. The van der Waals surface area contributed by atoms with Gasteiger partial charge in [0.15, 0.2) is 6.61 Å². The Morgan fingerprint density at radius 1 is 1.12 bits per heavy atom. The zero-order chi connectivity index (χ0) is 19.3. The first-order valence-electron chi connectivity index (χ1n) is 8.16. The molecule has 2 rings (SSSR count). The van der Waals surface area contributed by atoms with E-state index in [1.54, 1.807) is 43.3 Å². The lowest BCUT2D eigenvalue weighted by molar-refractivity contribution is -0.139. The average Bonchev–Trinajstić information content (AvgIpc) is 2.59. The number of rotatable bonds is 7. The lowest BCUT2D eigenvalue weighted by atomic mass is 10.0. The smallest absolute Gasteiger partial charge is 0.341 e. The number of carboxylic acids is 1. The number of nitrogens with zero attached hydrogens (tertiary/aromatic N) is 1. The van der Waals surface area contributed by atoms with Crippen molar-refractivity contribution >= 4 is 11.9 Å². The van der Waals surface area contributed by atoms with Gasteiger partial charge in [0, 0.05) is 19.2 Å². The van der Waals surface area contributed by atoms with Crippen LogP contribution in [0.2, 0.25) is 0 Å². The molecule has 6 heteroatoms. The van der Waals surface area contributed by atoms with Crippen LogP contribution in [0.4, 0.5) is 0 Å². The predicted octanol–water partition coefficient (Wildman–Crippen LogP) is 3.05. The largest absolute Gasteiger partial charge is 0.496 e. The molecule has 0 unspecified atom stereocenters. The van der Waals surface area contributed by atoms with E-state index in [1.807, 2.05) is 26.0 Å². The van der Waals surface area contributed by atoms with Gasteiger partial charge in [0.1, 0.15) is 11.5 Å². The molecule has 0 spiro atoms. The van der Waals surface area contributed by atoms with E-state index in [4.69, 9.17) is 14.6 Å². The van der Waals surface area contributed by atoms with Gasteiger partial charge in [0.2, 0.25) is 0 Å². The highest BCUT2D eigenvalue weighted by atomic mass is 16.5. The highest BCUT2D eigenvalue weighted by Gasteiger charge is 2.14. The third-order valence-corrected chi connectivity index (χ3v) is 3.93. The summed E-state index contributed by atoms with van der Waals surface area (Å²) in [6.07, 6.45) is 0. The molecule has 0 heterocycles. The number of ether oxygens (including phenoxy) is 2. The average molecular weight is 357 g/mol. The normalized spacial score (nSPS) is 10.3. The molecule has 6 nitrogen and oxygen atoms in total. The maximum absolute atomic E-state index is 12.7. The van der Waals surface area contributed by atoms with Crippen LogP contribution in [0.5, 0.6) is 11.5 Å². The van der Waals surface area contributed by atoms with Crippen molar-refractivity contribution in [1.29, 1.82) is 0 Å². The summed E-state index contributed by atoms with van der Waals surface area (Å²) in [6, 6.07) is 10.5. The zero-order valence-corrected chi connectivity index (χ0v) is 15.4. The molecule has 0 bridgehead atoms. The number of hydrogen-bond acceptors (Lipinski definition) is 4. The molecule has 0 fully saturated rings. The summed E-state index contributed by atoms with van der Waals surface area (Å²) in [5.74, 6) is -0.0326. The van der Waals surface area contributed by atoms with E-state index in [1.165, 1.54) is 0 Å². The third-order valence-electron chi connectivity index (χ3n) is 3.93. The molecule has 2 aromatic carbocycles. The Balaban J connectivity index is 2.12. The van der Waals surface area contributed by atoms with Gasteiger partial charge in [-0.25, -0.2) is 4.79 Å². The van der Waals surface area contributed by atoms with E-state index in [0.29, 0.717) is 17.9 Å². The summed E-state index contributed by atoms with van der Waals surface area (Å²) in [5.41, 5.74) is 3.49. The number of carbonyl (C=O) groups is 2. The second-order valence-electron chi connectivity index (χ2n) is 6.13. The maximum Gasteiger partial charge on any atom is 0.341 e. The number of carboxylic acid groups (broad SMARTS) is 1. The topological polar surface area (TPSA) is 76.1 Å². The molecule has 0 saturated carbocycles.